The van der Waals surface area contributed by atoms with Crippen molar-refractivity contribution in [3.8, 4) is 0 Å². The number of benzene rings is 2. The van der Waals surface area contributed by atoms with Crippen LogP contribution in [0.1, 0.15) is 22.3 Å². The first-order chi connectivity index (χ1) is 12.6. The van der Waals surface area contributed by atoms with Crippen LogP contribution in [0.3, 0.4) is 0 Å². The van der Waals surface area contributed by atoms with Gasteiger partial charge >= 0.3 is 0 Å². The number of amides is 2. The minimum Gasteiger partial charge on any atom is -0.368 e. The van der Waals surface area contributed by atoms with Crippen LogP contribution in [-0.4, -0.2) is 42.9 Å². The number of nitrogens with one attached hydrogen (secondary N) is 1. The van der Waals surface area contributed by atoms with Crippen LogP contribution in [0.2, 0.25) is 0 Å². The SMILES string of the molecule is O=C1CCc2cc(N3CCN(C(=O)c4ccccc4F)CC3)ccc2N1. The van der Waals surface area contributed by atoms with E-state index in [0.717, 1.165) is 23.4 Å². The summed E-state index contributed by atoms with van der Waals surface area (Å²) in [6.07, 6.45) is 1.27. The summed E-state index contributed by atoms with van der Waals surface area (Å²) in [6.45, 7) is 2.51. The number of fused-ring (bicyclic) bond motifs is 1. The average molecular weight is 353 g/mol. The molecule has 0 saturated carbocycles. The molecule has 0 aliphatic carbocycles. The minimum atomic E-state index is -0.475. The van der Waals surface area contributed by atoms with E-state index in [1.807, 2.05) is 12.1 Å². The molecule has 2 aliphatic rings. The van der Waals surface area contributed by atoms with Gasteiger partial charge in [-0.2, -0.15) is 0 Å². The monoisotopic (exact) mass is 353 g/mol. The van der Waals surface area contributed by atoms with E-state index in [-0.39, 0.29) is 17.4 Å². The Labute approximate surface area is 151 Å². The molecule has 6 heteroatoms. The maximum absolute atomic E-state index is 13.8. The number of carbonyl (C=O) groups excluding carboxylic acids is 2. The summed E-state index contributed by atoms with van der Waals surface area (Å²) in [5, 5.41) is 2.89. The number of aryl methyl sites for hydroxylation is 1. The Balaban J connectivity index is 1.43. The zero-order valence-corrected chi connectivity index (χ0v) is 14.4. The van der Waals surface area contributed by atoms with Crippen molar-refractivity contribution < 1.29 is 14.0 Å². The Hall–Kier alpha value is -2.89. The van der Waals surface area contributed by atoms with Gasteiger partial charge in [0.05, 0.1) is 5.56 Å². The zero-order valence-electron chi connectivity index (χ0n) is 14.4. The van der Waals surface area contributed by atoms with Crippen molar-refractivity contribution in [2.75, 3.05) is 36.4 Å². The Morgan fingerprint density at radius 2 is 1.77 bits per heavy atom. The maximum atomic E-state index is 13.8. The molecule has 1 saturated heterocycles. The number of hydrogen-bond acceptors (Lipinski definition) is 3. The molecule has 4 rings (SSSR count). The Morgan fingerprint density at radius 1 is 1.00 bits per heavy atom. The van der Waals surface area contributed by atoms with Gasteiger partial charge in [0.15, 0.2) is 0 Å². The molecule has 2 heterocycles. The molecule has 26 heavy (non-hydrogen) atoms. The molecule has 0 unspecified atom stereocenters. The van der Waals surface area contributed by atoms with Crippen molar-refractivity contribution in [1.82, 2.24) is 4.90 Å². The second-order valence-electron chi connectivity index (χ2n) is 6.65. The molecule has 2 aromatic carbocycles. The van der Waals surface area contributed by atoms with E-state index in [1.165, 1.54) is 12.1 Å². The third kappa shape index (κ3) is 3.14. The van der Waals surface area contributed by atoms with Gasteiger partial charge < -0.3 is 15.1 Å². The first-order valence-electron chi connectivity index (χ1n) is 8.83. The first kappa shape index (κ1) is 16.6. The average Bonchev–Trinajstić information content (AvgIpc) is 2.67. The molecule has 2 aliphatic heterocycles. The number of carbonyl (C=O) groups is 2. The highest BCUT2D eigenvalue weighted by Crippen LogP contribution is 2.28. The van der Waals surface area contributed by atoms with Gasteiger partial charge in [0.2, 0.25) is 5.91 Å². The van der Waals surface area contributed by atoms with Crippen molar-refractivity contribution in [1.29, 1.82) is 0 Å². The van der Waals surface area contributed by atoms with Gasteiger partial charge in [0.1, 0.15) is 5.82 Å². The summed E-state index contributed by atoms with van der Waals surface area (Å²) in [5.41, 5.74) is 3.26. The quantitative estimate of drug-likeness (QED) is 0.903. The molecule has 0 spiro atoms. The molecular weight excluding hydrogens is 333 g/mol. The van der Waals surface area contributed by atoms with Gasteiger partial charge in [-0.05, 0) is 42.3 Å². The third-order valence-corrected chi connectivity index (χ3v) is 5.02. The predicted molar refractivity (Wildman–Crippen MR) is 97.9 cm³/mol. The Bertz CT molecular complexity index is 860. The summed E-state index contributed by atoms with van der Waals surface area (Å²) < 4.78 is 13.8. The van der Waals surface area contributed by atoms with Crippen molar-refractivity contribution in [2.45, 2.75) is 12.8 Å². The molecule has 1 N–H and O–H groups in total. The lowest BCUT2D eigenvalue weighted by molar-refractivity contribution is -0.116. The van der Waals surface area contributed by atoms with Crippen LogP contribution in [-0.2, 0) is 11.2 Å². The smallest absolute Gasteiger partial charge is 0.256 e. The van der Waals surface area contributed by atoms with Gasteiger partial charge in [-0.25, -0.2) is 4.39 Å². The Kier molecular flexibility index (Phi) is 4.32. The zero-order chi connectivity index (χ0) is 18.1. The van der Waals surface area contributed by atoms with Crippen LogP contribution >= 0.6 is 0 Å². The van der Waals surface area contributed by atoms with Crippen LogP contribution in [0.15, 0.2) is 42.5 Å². The molecule has 2 aromatic rings. The van der Waals surface area contributed by atoms with Crippen LogP contribution in [0, 0.1) is 5.82 Å². The van der Waals surface area contributed by atoms with E-state index in [2.05, 4.69) is 16.3 Å². The standard InChI is InChI=1S/C20H20FN3O2/c21-17-4-2-1-3-16(17)20(26)24-11-9-23(10-12-24)15-6-7-18-14(13-15)5-8-19(25)22-18/h1-4,6-7,13H,5,8-12H2,(H,22,25). The largest absolute Gasteiger partial charge is 0.368 e. The molecule has 0 atom stereocenters. The van der Waals surface area contributed by atoms with Crippen LogP contribution in [0.4, 0.5) is 15.8 Å². The number of rotatable bonds is 2. The van der Waals surface area contributed by atoms with Gasteiger partial charge in [0.25, 0.3) is 5.91 Å². The number of halogens is 1. The van der Waals surface area contributed by atoms with Crippen molar-refractivity contribution in [3.05, 3.63) is 59.4 Å². The number of anilines is 2. The topological polar surface area (TPSA) is 52.7 Å². The van der Waals surface area contributed by atoms with Gasteiger partial charge in [0, 0.05) is 44.0 Å². The molecule has 134 valence electrons. The normalized spacial score (nSPS) is 16.9. The van der Waals surface area contributed by atoms with Crippen molar-refractivity contribution >= 4 is 23.2 Å². The third-order valence-electron chi connectivity index (χ3n) is 5.02. The number of piperazine rings is 1. The summed E-state index contributed by atoms with van der Waals surface area (Å²) in [4.78, 5) is 27.9. The molecule has 1 fully saturated rings. The van der Waals surface area contributed by atoms with Crippen LogP contribution in [0.25, 0.3) is 0 Å². The molecule has 0 bridgehead atoms. The Morgan fingerprint density at radius 3 is 2.54 bits per heavy atom. The summed E-state index contributed by atoms with van der Waals surface area (Å²) >= 11 is 0. The van der Waals surface area contributed by atoms with E-state index in [9.17, 15) is 14.0 Å². The van der Waals surface area contributed by atoms with E-state index >= 15 is 0 Å². The molecule has 0 radical (unpaired) electrons. The van der Waals surface area contributed by atoms with E-state index < -0.39 is 5.82 Å². The van der Waals surface area contributed by atoms with E-state index in [1.54, 1.807) is 17.0 Å². The number of nitrogens with zero attached hydrogens (tertiary/aromatic N) is 2. The fourth-order valence-corrected chi connectivity index (χ4v) is 3.54. The van der Waals surface area contributed by atoms with Crippen LogP contribution < -0.4 is 10.2 Å². The molecule has 5 nitrogen and oxygen atoms in total. The summed E-state index contributed by atoms with van der Waals surface area (Å²) in [5.74, 6) is -0.668. The highest BCUT2D eigenvalue weighted by molar-refractivity contribution is 5.95. The fraction of sp³-hybridized carbons (Fsp3) is 0.300. The van der Waals surface area contributed by atoms with Gasteiger partial charge in [-0.3, -0.25) is 9.59 Å². The summed E-state index contributed by atoms with van der Waals surface area (Å²) in [7, 11) is 0. The molecule has 2 amide bonds. The highest BCUT2D eigenvalue weighted by Gasteiger charge is 2.24. The van der Waals surface area contributed by atoms with Gasteiger partial charge in [-0.1, -0.05) is 12.1 Å². The predicted octanol–water partition coefficient (Wildman–Crippen LogP) is 2.67. The maximum Gasteiger partial charge on any atom is 0.256 e. The second-order valence-corrected chi connectivity index (χ2v) is 6.65. The van der Waals surface area contributed by atoms with Crippen molar-refractivity contribution in [2.24, 2.45) is 0 Å². The van der Waals surface area contributed by atoms with E-state index in [0.29, 0.717) is 32.6 Å². The number of hydrogen-bond donors (Lipinski definition) is 1. The van der Waals surface area contributed by atoms with Crippen molar-refractivity contribution in [3.63, 3.8) is 0 Å². The highest BCUT2D eigenvalue weighted by atomic mass is 19.1. The molecule has 0 aromatic heterocycles. The minimum absolute atomic E-state index is 0.0607. The lowest BCUT2D eigenvalue weighted by Gasteiger charge is -2.36. The lowest BCUT2D eigenvalue weighted by atomic mass is 10.0. The van der Waals surface area contributed by atoms with E-state index in [4.69, 9.17) is 0 Å². The summed E-state index contributed by atoms with van der Waals surface area (Å²) in [6, 6.07) is 12.2. The molecular formula is C20H20FN3O2. The first-order valence-corrected chi connectivity index (χ1v) is 8.83. The van der Waals surface area contributed by atoms with Gasteiger partial charge in [-0.15, -0.1) is 0 Å². The fourth-order valence-electron chi connectivity index (χ4n) is 3.54. The second kappa shape index (κ2) is 6.78. The van der Waals surface area contributed by atoms with Crippen LogP contribution in [0.5, 0.6) is 0 Å². The lowest BCUT2D eigenvalue weighted by Crippen LogP contribution is -2.49.